The zero-order valence-corrected chi connectivity index (χ0v) is 18.5. The Balaban J connectivity index is 1.69. The normalized spacial score (nSPS) is 20.7. The molecule has 6 heteroatoms. The van der Waals surface area contributed by atoms with E-state index in [9.17, 15) is 9.59 Å². The minimum atomic E-state index is 0.00414. The van der Waals surface area contributed by atoms with Gasteiger partial charge in [-0.25, -0.2) is 9.97 Å². The number of hydrogen-bond donors (Lipinski definition) is 1. The van der Waals surface area contributed by atoms with Crippen LogP contribution in [-0.4, -0.2) is 45.8 Å². The summed E-state index contributed by atoms with van der Waals surface area (Å²) in [5.74, 6) is 1.57. The second kappa shape index (κ2) is 9.68. The molecular weight excluding hydrogens is 364 g/mol. The molecular formula is C23H36N4O2. The van der Waals surface area contributed by atoms with Crippen molar-refractivity contribution in [3.63, 3.8) is 0 Å². The molecule has 1 saturated carbocycles. The maximum Gasteiger partial charge on any atom is 0.225 e. The van der Waals surface area contributed by atoms with Crippen LogP contribution in [0.2, 0.25) is 0 Å². The Morgan fingerprint density at radius 1 is 1.03 bits per heavy atom. The summed E-state index contributed by atoms with van der Waals surface area (Å²) >= 11 is 0. The zero-order chi connectivity index (χ0) is 21.0. The Labute approximate surface area is 174 Å². The largest absolute Gasteiger partial charge is 0.354 e. The van der Waals surface area contributed by atoms with E-state index < -0.39 is 0 Å². The topological polar surface area (TPSA) is 75.2 Å². The Morgan fingerprint density at radius 3 is 2.31 bits per heavy atom. The fraction of sp³-hybridized carbons (Fsp3) is 0.739. The van der Waals surface area contributed by atoms with Crippen LogP contribution in [0.25, 0.3) is 0 Å². The average molecular weight is 401 g/mol. The predicted octanol–water partition coefficient (Wildman–Crippen LogP) is 3.45. The van der Waals surface area contributed by atoms with E-state index in [1.165, 1.54) is 19.3 Å². The standard InChI is InChI=1S/C23H36N4O2/c1-15(2)24-21(28)13-20-16(3)25-22(26-17(20)4)19-11-8-12-27(14-19)23(29)18-9-6-5-7-10-18/h15,18-19H,5-14H2,1-4H3,(H,24,28)/t19-/m1/s1. The maximum absolute atomic E-state index is 13.0. The number of carbonyl (C=O) groups is 2. The van der Waals surface area contributed by atoms with E-state index in [4.69, 9.17) is 9.97 Å². The van der Waals surface area contributed by atoms with Gasteiger partial charge in [-0.15, -0.1) is 0 Å². The first kappa shape index (κ1) is 21.7. The summed E-state index contributed by atoms with van der Waals surface area (Å²) in [6, 6.07) is 0.123. The van der Waals surface area contributed by atoms with Crippen molar-refractivity contribution in [2.24, 2.45) is 5.92 Å². The van der Waals surface area contributed by atoms with E-state index in [-0.39, 0.29) is 23.8 Å². The summed E-state index contributed by atoms with van der Waals surface area (Å²) < 4.78 is 0. The molecule has 0 unspecified atom stereocenters. The molecule has 1 aromatic heterocycles. The van der Waals surface area contributed by atoms with Gasteiger partial charge in [0.25, 0.3) is 0 Å². The van der Waals surface area contributed by atoms with E-state index in [0.29, 0.717) is 12.3 Å². The molecule has 0 aromatic carbocycles. The molecule has 2 fully saturated rings. The monoisotopic (exact) mass is 400 g/mol. The number of nitrogens with one attached hydrogen (secondary N) is 1. The van der Waals surface area contributed by atoms with E-state index in [1.807, 2.05) is 27.7 Å². The molecule has 1 aromatic rings. The number of carbonyl (C=O) groups excluding carboxylic acids is 2. The third-order valence-corrected chi connectivity index (χ3v) is 6.28. The first-order valence-electron chi connectivity index (χ1n) is 11.3. The Morgan fingerprint density at radius 2 is 1.69 bits per heavy atom. The van der Waals surface area contributed by atoms with Crippen molar-refractivity contribution in [2.45, 2.75) is 91.0 Å². The van der Waals surface area contributed by atoms with Crippen molar-refractivity contribution in [1.29, 1.82) is 0 Å². The quantitative estimate of drug-likeness (QED) is 0.821. The van der Waals surface area contributed by atoms with Crippen LogP contribution in [0.3, 0.4) is 0 Å². The van der Waals surface area contributed by atoms with Gasteiger partial charge in [-0.05, 0) is 53.4 Å². The Bertz CT molecular complexity index is 717. The van der Waals surface area contributed by atoms with Crippen molar-refractivity contribution in [1.82, 2.24) is 20.2 Å². The lowest BCUT2D eigenvalue weighted by atomic mass is 9.87. The maximum atomic E-state index is 13.0. The molecule has 29 heavy (non-hydrogen) atoms. The molecule has 160 valence electrons. The lowest BCUT2D eigenvalue weighted by molar-refractivity contribution is -0.137. The Kier molecular flexibility index (Phi) is 7.25. The van der Waals surface area contributed by atoms with Crippen molar-refractivity contribution in [3.05, 3.63) is 22.8 Å². The summed E-state index contributed by atoms with van der Waals surface area (Å²) in [5.41, 5.74) is 2.67. The molecule has 0 radical (unpaired) electrons. The molecule has 1 saturated heterocycles. The highest BCUT2D eigenvalue weighted by atomic mass is 16.2. The number of nitrogens with zero attached hydrogens (tertiary/aromatic N) is 3. The van der Waals surface area contributed by atoms with Gasteiger partial charge in [-0.1, -0.05) is 19.3 Å². The Hall–Kier alpha value is -1.98. The molecule has 1 N–H and O–H groups in total. The van der Waals surface area contributed by atoms with Crippen molar-refractivity contribution >= 4 is 11.8 Å². The minimum Gasteiger partial charge on any atom is -0.354 e. The lowest BCUT2D eigenvalue weighted by Crippen LogP contribution is -2.43. The van der Waals surface area contributed by atoms with Crippen molar-refractivity contribution in [2.75, 3.05) is 13.1 Å². The highest BCUT2D eigenvalue weighted by Gasteiger charge is 2.31. The number of amides is 2. The number of aromatic nitrogens is 2. The number of rotatable bonds is 5. The highest BCUT2D eigenvalue weighted by Crippen LogP contribution is 2.30. The third kappa shape index (κ3) is 5.55. The summed E-state index contributed by atoms with van der Waals surface area (Å²) in [6.07, 6.45) is 8.04. The number of hydrogen-bond acceptors (Lipinski definition) is 4. The van der Waals surface area contributed by atoms with E-state index in [2.05, 4.69) is 10.2 Å². The van der Waals surface area contributed by atoms with Crippen LogP contribution in [0.15, 0.2) is 0 Å². The predicted molar refractivity (Wildman–Crippen MR) is 114 cm³/mol. The number of piperidine rings is 1. The smallest absolute Gasteiger partial charge is 0.225 e. The molecule has 2 amide bonds. The SMILES string of the molecule is Cc1nc([C@@H]2CCCN(C(=O)C3CCCCC3)C2)nc(C)c1CC(=O)NC(C)C. The number of likely N-dealkylation sites (tertiary alicyclic amines) is 1. The van der Waals surface area contributed by atoms with Gasteiger partial charge in [0.1, 0.15) is 5.82 Å². The second-order valence-electron chi connectivity index (χ2n) is 9.09. The minimum absolute atomic E-state index is 0.00414. The number of aryl methyl sites for hydroxylation is 2. The zero-order valence-electron chi connectivity index (χ0n) is 18.5. The van der Waals surface area contributed by atoms with Crippen molar-refractivity contribution in [3.8, 4) is 0 Å². The van der Waals surface area contributed by atoms with Crippen LogP contribution >= 0.6 is 0 Å². The summed E-state index contributed by atoms with van der Waals surface area (Å²) in [5, 5.41) is 2.93. The van der Waals surface area contributed by atoms with E-state index >= 15 is 0 Å². The molecule has 1 atom stereocenters. The fourth-order valence-electron chi connectivity index (χ4n) is 4.73. The molecule has 1 aliphatic carbocycles. The summed E-state index contributed by atoms with van der Waals surface area (Å²) in [7, 11) is 0. The van der Waals surface area contributed by atoms with Gasteiger partial charge in [0, 0.05) is 47.9 Å². The molecule has 6 nitrogen and oxygen atoms in total. The molecule has 3 rings (SSSR count). The molecule has 2 heterocycles. The van der Waals surface area contributed by atoms with Crippen LogP contribution in [0.1, 0.15) is 87.5 Å². The first-order chi connectivity index (χ1) is 13.8. The molecule has 2 aliphatic rings. The van der Waals surface area contributed by atoms with Crippen molar-refractivity contribution < 1.29 is 9.59 Å². The lowest BCUT2D eigenvalue weighted by Gasteiger charge is -2.35. The van der Waals surface area contributed by atoms with E-state index in [0.717, 1.165) is 61.5 Å². The van der Waals surface area contributed by atoms with Crippen LogP contribution in [0.5, 0.6) is 0 Å². The van der Waals surface area contributed by atoms with Gasteiger partial charge in [0.2, 0.25) is 11.8 Å². The van der Waals surface area contributed by atoms with Crippen LogP contribution in [0.4, 0.5) is 0 Å². The van der Waals surface area contributed by atoms with Crippen LogP contribution in [-0.2, 0) is 16.0 Å². The summed E-state index contributed by atoms with van der Waals surface area (Å²) in [4.78, 5) is 36.7. The fourth-order valence-corrected chi connectivity index (χ4v) is 4.73. The first-order valence-corrected chi connectivity index (χ1v) is 11.3. The average Bonchev–Trinajstić information content (AvgIpc) is 2.70. The van der Waals surface area contributed by atoms with Gasteiger partial charge in [-0.2, -0.15) is 0 Å². The molecule has 1 aliphatic heterocycles. The van der Waals surface area contributed by atoms with Gasteiger partial charge < -0.3 is 10.2 Å². The second-order valence-corrected chi connectivity index (χ2v) is 9.09. The highest BCUT2D eigenvalue weighted by molar-refractivity contribution is 5.79. The van der Waals surface area contributed by atoms with Crippen LogP contribution < -0.4 is 5.32 Å². The summed E-state index contributed by atoms with van der Waals surface area (Å²) in [6.45, 7) is 9.42. The van der Waals surface area contributed by atoms with Gasteiger partial charge >= 0.3 is 0 Å². The van der Waals surface area contributed by atoms with Gasteiger partial charge in [0.15, 0.2) is 0 Å². The van der Waals surface area contributed by atoms with E-state index in [1.54, 1.807) is 0 Å². The molecule has 0 bridgehead atoms. The van der Waals surface area contributed by atoms with Crippen LogP contribution in [0, 0.1) is 19.8 Å². The van der Waals surface area contributed by atoms with Gasteiger partial charge in [0.05, 0.1) is 6.42 Å². The van der Waals surface area contributed by atoms with Gasteiger partial charge in [-0.3, -0.25) is 9.59 Å². The third-order valence-electron chi connectivity index (χ3n) is 6.28. The molecule has 0 spiro atoms.